The van der Waals surface area contributed by atoms with E-state index in [1.807, 2.05) is 30.3 Å². The van der Waals surface area contributed by atoms with Crippen LogP contribution in [0.5, 0.6) is 11.5 Å². The topological polar surface area (TPSA) is 43.7 Å². The number of anilines is 3. The number of hydrogen-bond donors (Lipinski definition) is 2. The molecule has 214 valence electrons. The molecule has 0 heterocycles. The number of phenols is 2. The van der Waals surface area contributed by atoms with E-state index in [0.29, 0.717) is 0 Å². The molecule has 0 unspecified atom stereocenters. The second-order valence-electron chi connectivity index (χ2n) is 11.4. The predicted octanol–water partition coefficient (Wildman–Crippen LogP) is 11.1. The molecule has 0 aromatic heterocycles. The normalized spacial score (nSPS) is 11.3. The number of para-hydroxylation sites is 1. The predicted molar refractivity (Wildman–Crippen MR) is 188 cm³/mol. The molecule has 0 aliphatic heterocycles. The minimum absolute atomic E-state index is 0.223. The highest BCUT2D eigenvalue weighted by atomic mass is 16.3. The lowest BCUT2D eigenvalue weighted by Gasteiger charge is -2.27. The summed E-state index contributed by atoms with van der Waals surface area (Å²) in [5.41, 5.74) is 7.26. The molecule has 3 heteroatoms. The molecule has 0 aliphatic carbocycles. The van der Waals surface area contributed by atoms with Crippen molar-refractivity contribution in [2.24, 2.45) is 0 Å². The van der Waals surface area contributed by atoms with Crippen LogP contribution in [0.2, 0.25) is 0 Å². The maximum Gasteiger partial charge on any atom is 0.115 e. The first-order valence-electron chi connectivity index (χ1n) is 15.0. The molecule has 8 aromatic carbocycles. The van der Waals surface area contributed by atoms with Crippen molar-refractivity contribution in [2.75, 3.05) is 4.90 Å². The van der Waals surface area contributed by atoms with E-state index in [9.17, 15) is 10.2 Å². The van der Waals surface area contributed by atoms with E-state index in [1.165, 1.54) is 32.3 Å². The van der Waals surface area contributed by atoms with Gasteiger partial charge in [0.1, 0.15) is 11.5 Å². The third-order valence-electron chi connectivity index (χ3n) is 8.58. The van der Waals surface area contributed by atoms with Gasteiger partial charge in [0.2, 0.25) is 0 Å². The van der Waals surface area contributed by atoms with Crippen LogP contribution in [0.25, 0.3) is 44.0 Å². The standard InChI is InChI=1S/C42H29NO2/c44-36-21-13-29(14-22-36)39(30-15-23-37(45)24-16-30)27-28-9-19-35(20-10-28)43(34-7-2-1-3-8-34)40-26-18-33-12-11-31-5-4-6-32-17-25-38(40)42(33)41(31)32/h1-27,44-45H. The van der Waals surface area contributed by atoms with Crippen molar-refractivity contribution in [1.82, 2.24) is 0 Å². The fraction of sp³-hybridized carbons (Fsp3) is 0. The number of aromatic hydroxyl groups is 2. The van der Waals surface area contributed by atoms with Crippen LogP contribution in [0.4, 0.5) is 17.1 Å². The van der Waals surface area contributed by atoms with Gasteiger partial charge in [-0.3, -0.25) is 0 Å². The summed E-state index contributed by atoms with van der Waals surface area (Å²) in [5, 5.41) is 27.3. The Morgan fingerprint density at radius 2 is 0.978 bits per heavy atom. The van der Waals surface area contributed by atoms with Gasteiger partial charge in [0.25, 0.3) is 0 Å². The number of phenolic OH excluding ortho intramolecular Hbond substituents is 2. The highest BCUT2D eigenvalue weighted by Crippen LogP contribution is 2.43. The van der Waals surface area contributed by atoms with Gasteiger partial charge < -0.3 is 15.1 Å². The fourth-order valence-corrected chi connectivity index (χ4v) is 6.42. The highest BCUT2D eigenvalue weighted by Gasteiger charge is 2.18. The maximum absolute atomic E-state index is 9.90. The minimum Gasteiger partial charge on any atom is -0.508 e. The van der Waals surface area contributed by atoms with Gasteiger partial charge in [-0.15, -0.1) is 0 Å². The van der Waals surface area contributed by atoms with Crippen LogP contribution >= 0.6 is 0 Å². The summed E-state index contributed by atoms with van der Waals surface area (Å²) in [7, 11) is 0. The lowest BCUT2D eigenvalue weighted by molar-refractivity contribution is 0.475. The van der Waals surface area contributed by atoms with Crippen molar-refractivity contribution in [3.8, 4) is 11.5 Å². The summed E-state index contributed by atoms with van der Waals surface area (Å²) in [4.78, 5) is 2.33. The van der Waals surface area contributed by atoms with Crippen molar-refractivity contribution in [2.45, 2.75) is 0 Å². The SMILES string of the molecule is Oc1ccc(C(=Cc2ccc(N(c3ccccc3)c3ccc4ccc5cccc6ccc3c4c56)cc2)c2ccc(O)cc2)cc1. The van der Waals surface area contributed by atoms with Gasteiger partial charge in [-0.25, -0.2) is 0 Å². The summed E-state index contributed by atoms with van der Waals surface area (Å²) in [6, 6.07) is 53.5. The average Bonchev–Trinajstić information content (AvgIpc) is 3.09. The Bertz CT molecular complexity index is 2240. The fourth-order valence-electron chi connectivity index (χ4n) is 6.42. The van der Waals surface area contributed by atoms with E-state index >= 15 is 0 Å². The summed E-state index contributed by atoms with van der Waals surface area (Å²) < 4.78 is 0. The van der Waals surface area contributed by atoms with Crippen LogP contribution in [-0.2, 0) is 0 Å². The van der Waals surface area contributed by atoms with Crippen LogP contribution in [0, 0.1) is 0 Å². The minimum atomic E-state index is 0.223. The number of nitrogens with zero attached hydrogens (tertiary/aromatic N) is 1. The van der Waals surface area contributed by atoms with E-state index in [4.69, 9.17) is 0 Å². The van der Waals surface area contributed by atoms with Gasteiger partial charge in [0.05, 0.1) is 5.69 Å². The van der Waals surface area contributed by atoms with E-state index in [2.05, 4.69) is 114 Å². The molecule has 0 saturated carbocycles. The maximum atomic E-state index is 9.90. The van der Waals surface area contributed by atoms with Crippen LogP contribution < -0.4 is 4.90 Å². The lowest BCUT2D eigenvalue weighted by atomic mass is 9.93. The van der Waals surface area contributed by atoms with Crippen molar-refractivity contribution < 1.29 is 10.2 Å². The molecule has 0 saturated heterocycles. The molecular formula is C42H29NO2. The van der Waals surface area contributed by atoms with E-state index in [0.717, 1.165) is 39.3 Å². The molecule has 0 radical (unpaired) electrons. The highest BCUT2D eigenvalue weighted by molar-refractivity contribution is 6.25. The average molecular weight is 580 g/mol. The van der Waals surface area contributed by atoms with Gasteiger partial charge in [-0.2, -0.15) is 0 Å². The first-order chi connectivity index (χ1) is 22.1. The molecule has 3 nitrogen and oxygen atoms in total. The first kappa shape index (κ1) is 26.6. The molecule has 0 fully saturated rings. The van der Waals surface area contributed by atoms with Gasteiger partial charge in [0.15, 0.2) is 0 Å². The smallest absolute Gasteiger partial charge is 0.115 e. The lowest BCUT2D eigenvalue weighted by Crippen LogP contribution is -2.10. The summed E-state index contributed by atoms with van der Waals surface area (Å²) in [5.74, 6) is 0.446. The molecule has 2 N–H and O–H groups in total. The largest absolute Gasteiger partial charge is 0.508 e. The molecule has 8 rings (SSSR count). The summed E-state index contributed by atoms with van der Waals surface area (Å²) in [6.45, 7) is 0. The zero-order valence-electron chi connectivity index (χ0n) is 24.4. The van der Waals surface area contributed by atoms with Gasteiger partial charge in [-0.05, 0) is 110 Å². The van der Waals surface area contributed by atoms with E-state index < -0.39 is 0 Å². The second kappa shape index (κ2) is 10.9. The van der Waals surface area contributed by atoms with Crippen molar-refractivity contribution in [1.29, 1.82) is 0 Å². The zero-order valence-corrected chi connectivity index (χ0v) is 24.4. The van der Waals surface area contributed by atoms with Crippen molar-refractivity contribution >= 4 is 61.0 Å². The van der Waals surface area contributed by atoms with Gasteiger partial charge in [-0.1, -0.05) is 103 Å². The number of rotatable bonds is 6. The Kier molecular flexibility index (Phi) is 6.43. The molecule has 0 bridgehead atoms. The monoisotopic (exact) mass is 579 g/mol. The van der Waals surface area contributed by atoms with Crippen molar-refractivity contribution in [3.05, 3.63) is 174 Å². The van der Waals surface area contributed by atoms with Crippen LogP contribution in [0.1, 0.15) is 16.7 Å². The summed E-state index contributed by atoms with van der Waals surface area (Å²) >= 11 is 0. The quantitative estimate of drug-likeness (QED) is 0.152. The third kappa shape index (κ3) is 4.81. The molecule has 0 spiro atoms. The molecule has 0 atom stereocenters. The van der Waals surface area contributed by atoms with Crippen molar-refractivity contribution in [3.63, 3.8) is 0 Å². The van der Waals surface area contributed by atoms with Crippen LogP contribution in [-0.4, -0.2) is 10.2 Å². The molecule has 0 amide bonds. The number of benzene rings is 8. The van der Waals surface area contributed by atoms with Crippen LogP contribution in [0.15, 0.2) is 158 Å². The van der Waals surface area contributed by atoms with Gasteiger partial charge >= 0.3 is 0 Å². The summed E-state index contributed by atoms with van der Waals surface area (Å²) in [6.07, 6.45) is 2.14. The number of hydrogen-bond acceptors (Lipinski definition) is 3. The van der Waals surface area contributed by atoms with E-state index in [1.54, 1.807) is 24.3 Å². The van der Waals surface area contributed by atoms with Gasteiger partial charge in [0, 0.05) is 16.8 Å². The molecule has 8 aromatic rings. The molecule has 0 aliphatic rings. The molecule has 45 heavy (non-hydrogen) atoms. The third-order valence-corrected chi connectivity index (χ3v) is 8.58. The Balaban J connectivity index is 1.27. The Morgan fingerprint density at radius 1 is 0.444 bits per heavy atom. The first-order valence-corrected chi connectivity index (χ1v) is 15.0. The Labute approximate surface area is 261 Å². The zero-order chi connectivity index (χ0) is 30.3. The Morgan fingerprint density at radius 3 is 1.60 bits per heavy atom. The second-order valence-corrected chi connectivity index (χ2v) is 11.4. The van der Waals surface area contributed by atoms with Crippen LogP contribution in [0.3, 0.4) is 0 Å². The Hall–Kier alpha value is -6.06. The molecular weight excluding hydrogens is 550 g/mol. The van der Waals surface area contributed by atoms with E-state index in [-0.39, 0.29) is 11.5 Å².